The maximum atomic E-state index is 13.2. The molecule has 0 bridgehead atoms. The summed E-state index contributed by atoms with van der Waals surface area (Å²) in [6.45, 7) is 5.77. The van der Waals surface area contributed by atoms with Crippen LogP contribution in [0.25, 0.3) is 11.0 Å². The monoisotopic (exact) mass is 413 g/mol. The Labute approximate surface area is 180 Å². The van der Waals surface area contributed by atoms with Crippen molar-refractivity contribution in [3.63, 3.8) is 0 Å². The highest BCUT2D eigenvalue weighted by molar-refractivity contribution is 5.96. The van der Waals surface area contributed by atoms with Gasteiger partial charge in [-0.15, -0.1) is 0 Å². The van der Waals surface area contributed by atoms with Gasteiger partial charge in [0, 0.05) is 28.8 Å². The van der Waals surface area contributed by atoms with Crippen LogP contribution >= 0.6 is 0 Å². The Kier molecular flexibility index (Phi) is 5.58. The summed E-state index contributed by atoms with van der Waals surface area (Å²) in [6, 6.07) is 21.9. The minimum Gasteiger partial charge on any atom is -0.476 e. The van der Waals surface area contributed by atoms with Gasteiger partial charge >= 0.3 is 5.63 Å². The lowest BCUT2D eigenvalue weighted by molar-refractivity contribution is -0.123. The zero-order valence-electron chi connectivity index (χ0n) is 17.6. The van der Waals surface area contributed by atoms with E-state index in [9.17, 15) is 9.59 Å². The Bertz CT molecular complexity index is 1310. The van der Waals surface area contributed by atoms with Crippen molar-refractivity contribution in [2.75, 3.05) is 5.32 Å². The minimum absolute atomic E-state index is 0.286. The van der Waals surface area contributed by atoms with Crippen LogP contribution in [0.4, 0.5) is 5.69 Å². The minimum atomic E-state index is -0.880. The number of ether oxygens (including phenoxy) is 1. The van der Waals surface area contributed by atoms with E-state index in [2.05, 4.69) is 5.32 Å². The topological polar surface area (TPSA) is 68.5 Å². The van der Waals surface area contributed by atoms with E-state index >= 15 is 0 Å². The number of carbonyl (C=O) groups is 1. The predicted molar refractivity (Wildman–Crippen MR) is 122 cm³/mol. The maximum Gasteiger partial charge on any atom is 0.336 e. The lowest BCUT2D eigenvalue weighted by atomic mass is 10.1. The van der Waals surface area contributed by atoms with Crippen molar-refractivity contribution in [3.05, 3.63) is 105 Å². The van der Waals surface area contributed by atoms with Crippen molar-refractivity contribution in [1.82, 2.24) is 0 Å². The number of aryl methyl sites for hydroxylation is 3. The second-order valence-electron chi connectivity index (χ2n) is 7.62. The van der Waals surface area contributed by atoms with E-state index in [0.717, 1.165) is 33.3 Å². The number of carbonyl (C=O) groups excluding carboxylic acids is 1. The first-order valence-corrected chi connectivity index (χ1v) is 10.0. The molecule has 4 rings (SSSR count). The molecule has 1 atom stereocenters. The smallest absolute Gasteiger partial charge is 0.336 e. The molecule has 0 aliphatic rings. The van der Waals surface area contributed by atoms with Gasteiger partial charge in [0.1, 0.15) is 11.3 Å². The molecule has 0 aliphatic carbocycles. The van der Waals surface area contributed by atoms with E-state index in [1.165, 1.54) is 6.07 Å². The molecule has 3 aromatic carbocycles. The number of hydrogen-bond acceptors (Lipinski definition) is 4. The van der Waals surface area contributed by atoms with Crippen LogP contribution in [-0.4, -0.2) is 5.91 Å². The molecule has 5 heteroatoms. The SMILES string of the molecule is Cc1ccc(C)c(NC(=O)C(Oc2ccc3c(C)cc(=O)oc3c2)c2ccccc2)c1. The van der Waals surface area contributed by atoms with Crippen LogP contribution in [0.5, 0.6) is 5.75 Å². The number of hydrogen-bond donors (Lipinski definition) is 1. The summed E-state index contributed by atoms with van der Waals surface area (Å²) in [5.41, 5.74) is 4.31. The molecule has 4 aromatic rings. The number of anilines is 1. The van der Waals surface area contributed by atoms with Gasteiger partial charge in [-0.1, -0.05) is 42.5 Å². The molecule has 1 aromatic heterocycles. The highest BCUT2D eigenvalue weighted by atomic mass is 16.5. The van der Waals surface area contributed by atoms with Crippen molar-refractivity contribution in [2.24, 2.45) is 0 Å². The van der Waals surface area contributed by atoms with Gasteiger partial charge < -0.3 is 14.5 Å². The Morgan fingerprint density at radius 1 is 0.903 bits per heavy atom. The molecule has 1 N–H and O–H groups in total. The second-order valence-corrected chi connectivity index (χ2v) is 7.62. The summed E-state index contributed by atoms with van der Waals surface area (Å²) in [5.74, 6) is 0.150. The van der Waals surface area contributed by atoms with E-state index in [4.69, 9.17) is 9.15 Å². The quantitative estimate of drug-likeness (QED) is 0.440. The zero-order chi connectivity index (χ0) is 22.0. The van der Waals surface area contributed by atoms with Gasteiger partial charge in [-0.05, 0) is 55.7 Å². The molecule has 0 saturated heterocycles. The number of nitrogens with one attached hydrogen (secondary N) is 1. The molecule has 0 radical (unpaired) electrons. The first-order chi connectivity index (χ1) is 14.9. The summed E-state index contributed by atoms with van der Waals surface area (Å²) in [6.07, 6.45) is -0.880. The fraction of sp³-hybridized carbons (Fsp3) is 0.154. The average molecular weight is 413 g/mol. The summed E-state index contributed by atoms with van der Waals surface area (Å²) in [5, 5.41) is 3.81. The average Bonchev–Trinajstić information content (AvgIpc) is 2.74. The van der Waals surface area contributed by atoms with Crippen molar-refractivity contribution < 1.29 is 13.9 Å². The van der Waals surface area contributed by atoms with Crippen LogP contribution in [0.1, 0.15) is 28.4 Å². The number of amides is 1. The Morgan fingerprint density at radius 2 is 1.68 bits per heavy atom. The Hall–Kier alpha value is -3.86. The first kappa shape index (κ1) is 20.4. The van der Waals surface area contributed by atoms with E-state index < -0.39 is 11.7 Å². The summed E-state index contributed by atoms with van der Waals surface area (Å²) in [7, 11) is 0. The summed E-state index contributed by atoms with van der Waals surface area (Å²) >= 11 is 0. The van der Waals surface area contributed by atoms with Gasteiger partial charge in [0.15, 0.2) is 0 Å². The molecule has 156 valence electrons. The third kappa shape index (κ3) is 4.51. The molecule has 0 spiro atoms. The predicted octanol–water partition coefficient (Wildman–Crippen LogP) is 5.48. The molecule has 1 amide bonds. The molecular formula is C26H23NO4. The Morgan fingerprint density at radius 3 is 2.45 bits per heavy atom. The van der Waals surface area contributed by atoms with Gasteiger partial charge in [0.2, 0.25) is 6.10 Å². The van der Waals surface area contributed by atoms with E-state index in [0.29, 0.717) is 11.3 Å². The largest absolute Gasteiger partial charge is 0.476 e. The highest BCUT2D eigenvalue weighted by Crippen LogP contribution is 2.28. The van der Waals surface area contributed by atoms with E-state index in [1.807, 2.05) is 75.4 Å². The summed E-state index contributed by atoms with van der Waals surface area (Å²) in [4.78, 5) is 25.0. The van der Waals surface area contributed by atoms with Crippen LogP contribution < -0.4 is 15.7 Å². The van der Waals surface area contributed by atoms with Crippen molar-refractivity contribution in [3.8, 4) is 5.75 Å². The van der Waals surface area contributed by atoms with Gasteiger partial charge in [0.25, 0.3) is 5.91 Å². The van der Waals surface area contributed by atoms with E-state index in [1.54, 1.807) is 12.1 Å². The van der Waals surface area contributed by atoms with Crippen LogP contribution in [0.2, 0.25) is 0 Å². The van der Waals surface area contributed by atoms with Crippen LogP contribution in [-0.2, 0) is 4.79 Å². The van der Waals surface area contributed by atoms with Crippen LogP contribution in [0.15, 0.2) is 82.0 Å². The lowest BCUT2D eigenvalue weighted by Gasteiger charge is -2.20. The van der Waals surface area contributed by atoms with Crippen molar-refractivity contribution >= 4 is 22.6 Å². The van der Waals surface area contributed by atoms with Gasteiger partial charge in [-0.3, -0.25) is 4.79 Å². The number of benzene rings is 3. The van der Waals surface area contributed by atoms with Crippen LogP contribution in [0.3, 0.4) is 0 Å². The number of rotatable bonds is 5. The van der Waals surface area contributed by atoms with Crippen LogP contribution in [0, 0.1) is 20.8 Å². The van der Waals surface area contributed by atoms with Gasteiger partial charge in [-0.2, -0.15) is 0 Å². The highest BCUT2D eigenvalue weighted by Gasteiger charge is 2.24. The van der Waals surface area contributed by atoms with E-state index in [-0.39, 0.29) is 5.91 Å². The normalized spacial score (nSPS) is 11.8. The molecule has 5 nitrogen and oxygen atoms in total. The Balaban J connectivity index is 1.69. The molecule has 31 heavy (non-hydrogen) atoms. The standard InChI is InChI=1S/C26H23NO4/c1-16-9-10-17(2)22(13-16)27-26(29)25(19-7-5-4-6-8-19)30-20-11-12-21-18(3)14-24(28)31-23(21)15-20/h4-15,25H,1-3H3,(H,27,29). The molecule has 0 aliphatic heterocycles. The molecule has 0 saturated carbocycles. The first-order valence-electron chi connectivity index (χ1n) is 10.0. The molecule has 1 heterocycles. The maximum absolute atomic E-state index is 13.2. The summed E-state index contributed by atoms with van der Waals surface area (Å²) < 4.78 is 11.4. The zero-order valence-corrected chi connectivity index (χ0v) is 17.6. The second kappa shape index (κ2) is 8.48. The molecule has 0 fully saturated rings. The third-order valence-corrected chi connectivity index (χ3v) is 5.17. The number of fused-ring (bicyclic) bond motifs is 1. The fourth-order valence-corrected chi connectivity index (χ4v) is 3.48. The third-order valence-electron chi connectivity index (χ3n) is 5.17. The van der Waals surface area contributed by atoms with Gasteiger partial charge in [-0.25, -0.2) is 4.79 Å². The van der Waals surface area contributed by atoms with Gasteiger partial charge in [0.05, 0.1) is 0 Å². The van der Waals surface area contributed by atoms with Crippen molar-refractivity contribution in [1.29, 1.82) is 0 Å². The lowest BCUT2D eigenvalue weighted by Crippen LogP contribution is -2.26. The van der Waals surface area contributed by atoms with Crippen molar-refractivity contribution in [2.45, 2.75) is 26.9 Å². The molecule has 1 unspecified atom stereocenters. The molecular weight excluding hydrogens is 390 g/mol. The fourth-order valence-electron chi connectivity index (χ4n) is 3.48.